The molecule has 0 fully saturated rings. The van der Waals surface area contributed by atoms with Crippen molar-refractivity contribution in [3.8, 4) is 11.6 Å². The van der Waals surface area contributed by atoms with Gasteiger partial charge in [-0.25, -0.2) is 28.9 Å². The van der Waals surface area contributed by atoms with E-state index in [1.54, 1.807) is 20.2 Å². The standard InChI is InChI=1S/C28H34N16O4/c1-7-9-17-21(35-37-25-15(27(45)47-5)12-33-41(25)3)23(29)43(39-17)19-11-20(32-14-31-19)44-24(30)22(18(40-44)10-8-2)36-38-26-16(28(46)48-6)13-34-42(26)4/h11-14H,7-10,29-30H2,1-6H3. The zero-order valence-corrected chi connectivity index (χ0v) is 27.2. The van der Waals surface area contributed by atoms with Crippen LogP contribution in [-0.4, -0.2) is 75.2 Å². The lowest BCUT2D eigenvalue weighted by molar-refractivity contribution is 0.0592. The van der Waals surface area contributed by atoms with E-state index in [-0.39, 0.29) is 34.4 Å². The van der Waals surface area contributed by atoms with Gasteiger partial charge in [0, 0.05) is 20.2 Å². The molecule has 0 aliphatic carbocycles. The lowest BCUT2D eigenvalue weighted by atomic mass is 10.2. The van der Waals surface area contributed by atoms with Crippen LogP contribution >= 0.6 is 0 Å². The van der Waals surface area contributed by atoms with Crippen LogP contribution in [0.2, 0.25) is 0 Å². The molecule has 250 valence electrons. The minimum atomic E-state index is -0.601. The van der Waals surface area contributed by atoms with E-state index in [0.717, 1.165) is 12.8 Å². The third-order valence-electron chi connectivity index (χ3n) is 7.09. The van der Waals surface area contributed by atoms with Crippen LogP contribution in [0.1, 0.15) is 58.8 Å². The van der Waals surface area contributed by atoms with Gasteiger partial charge in [-0.15, -0.1) is 20.5 Å². The first-order valence-electron chi connectivity index (χ1n) is 14.7. The summed E-state index contributed by atoms with van der Waals surface area (Å²) in [6, 6.07) is 1.60. The molecule has 0 aromatic carbocycles. The molecule has 0 aliphatic heterocycles. The molecule has 0 radical (unpaired) electrons. The molecule has 0 atom stereocenters. The number of azo groups is 2. The quantitative estimate of drug-likeness (QED) is 0.143. The van der Waals surface area contributed by atoms with Gasteiger partial charge in [-0.1, -0.05) is 26.7 Å². The molecule has 0 amide bonds. The van der Waals surface area contributed by atoms with Gasteiger partial charge in [-0.05, 0) is 12.8 Å². The van der Waals surface area contributed by atoms with Crippen LogP contribution in [0.4, 0.5) is 34.6 Å². The fourth-order valence-electron chi connectivity index (χ4n) is 4.69. The number of nitrogen functional groups attached to an aromatic ring is 2. The van der Waals surface area contributed by atoms with Gasteiger partial charge >= 0.3 is 11.9 Å². The normalized spacial score (nSPS) is 11.6. The van der Waals surface area contributed by atoms with Crippen molar-refractivity contribution >= 4 is 46.6 Å². The average Bonchev–Trinajstić information content (AvgIpc) is 3.82. The highest BCUT2D eigenvalue weighted by Crippen LogP contribution is 2.34. The summed E-state index contributed by atoms with van der Waals surface area (Å²) < 4.78 is 15.3. The van der Waals surface area contributed by atoms with Crippen molar-refractivity contribution in [1.82, 2.24) is 49.1 Å². The minimum absolute atomic E-state index is 0.148. The summed E-state index contributed by atoms with van der Waals surface area (Å²) >= 11 is 0. The Morgan fingerprint density at radius 1 is 0.729 bits per heavy atom. The molecule has 0 saturated heterocycles. The second-order valence-corrected chi connectivity index (χ2v) is 10.3. The predicted molar refractivity (Wildman–Crippen MR) is 171 cm³/mol. The first-order valence-corrected chi connectivity index (χ1v) is 14.7. The maximum atomic E-state index is 12.2. The van der Waals surface area contributed by atoms with Gasteiger partial charge in [0.25, 0.3) is 0 Å². The Balaban J connectivity index is 1.54. The molecule has 20 nitrogen and oxygen atoms in total. The van der Waals surface area contributed by atoms with Crippen molar-refractivity contribution in [1.29, 1.82) is 0 Å². The third-order valence-corrected chi connectivity index (χ3v) is 7.09. The number of rotatable bonds is 12. The van der Waals surface area contributed by atoms with Crippen LogP contribution in [0.5, 0.6) is 0 Å². The maximum Gasteiger partial charge on any atom is 0.343 e. The van der Waals surface area contributed by atoms with Gasteiger partial charge < -0.3 is 20.9 Å². The van der Waals surface area contributed by atoms with Crippen molar-refractivity contribution in [3.05, 3.63) is 47.3 Å². The highest BCUT2D eigenvalue weighted by molar-refractivity contribution is 5.94. The summed E-state index contributed by atoms with van der Waals surface area (Å²) in [5.74, 6) is 0.0960. The van der Waals surface area contributed by atoms with E-state index >= 15 is 0 Å². The lowest BCUT2D eigenvalue weighted by Crippen LogP contribution is -2.09. The van der Waals surface area contributed by atoms with E-state index in [1.807, 2.05) is 13.8 Å². The van der Waals surface area contributed by atoms with Crippen LogP contribution in [0, 0.1) is 0 Å². The van der Waals surface area contributed by atoms with Crippen LogP contribution in [0.15, 0.2) is 45.2 Å². The average molecular weight is 659 g/mol. The number of hydrogen-bond acceptors (Lipinski definition) is 16. The van der Waals surface area contributed by atoms with Crippen LogP contribution in [-0.2, 0) is 36.4 Å². The van der Waals surface area contributed by atoms with E-state index < -0.39 is 11.9 Å². The van der Waals surface area contributed by atoms with Gasteiger partial charge in [0.1, 0.15) is 17.5 Å². The van der Waals surface area contributed by atoms with Gasteiger partial charge in [0.2, 0.25) is 0 Å². The number of esters is 2. The van der Waals surface area contributed by atoms with Crippen molar-refractivity contribution in [2.24, 2.45) is 34.6 Å². The van der Waals surface area contributed by atoms with E-state index in [1.165, 1.54) is 51.7 Å². The second-order valence-electron chi connectivity index (χ2n) is 10.3. The number of methoxy groups -OCH3 is 2. The Morgan fingerprint density at radius 2 is 1.15 bits per heavy atom. The van der Waals surface area contributed by atoms with Gasteiger partial charge in [-0.2, -0.15) is 29.8 Å². The first-order chi connectivity index (χ1) is 23.1. The number of ether oxygens (including phenoxy) is 2. The fraction of sp³-hybridized carbons (Fsp3) is 0.357. The molecule has 0 aliphatic rings. The molecule has 0 saturated carbocycles. The highest BCUT2D eigenvalue weighted by atomic mass is 16.5. The third kappa shape index (κ3) is 6.22. The van der Waals surface area contributed by atoms with Crippen LogP contribution in [0.3, 0.4) is 0 Å². The molecule has 5 rings (SSSR count). The molecule has 0 unspecified atom stereocenters. The molecule has 0 bridgehead atoms. The molecule has 0 spiro atoms. The van der Waals surface area contributed by atoms with Gasteiger partial charge in [0.15, 0.2) is 46.3 Å². The Hall–Kier alpha value is -6.34. The first kappa shape index (κ1) is 33.0. The van der Waals surface area contributed by atoms with Crippen molar-refractivity contribution in [2.75, 3.05) is 25.7 Å². The molecule has 5 heterocycles. The molecule has 5 aromatic heterocycles. The van der Waals surface area contributed by atoms with Crippen LogP contribution in [0.25, 0.3) is 11.6 Å². The number of hydrogen-bond donors (Lipinski definition) is 2. The van der Waals surface area contributed by atoms with Crippen molar-refractivity contribution in [2.45, 2.75) is 39.5 Å². The van der Waals surface area contributed by atoms with Crippen LogP contribution < -0.4 is 11.5 Å². The Bertz CT molecular complexity index is 1890. The molecular weight excluding hydrogens is 624 g/mol. The smallest absolute Gasteiger partial charge is 0.343 e. The number of nitrogens with two attached hydrogens (primary N) is 2. The summed E-state index contributed by atoms with van der Waals surface area (Å²) in [4.78, 5) is 33.1. The van der Waals surface area contributed by atoms with E-state index in [2.05, 4.69) is 50.8 Å². The zero-order valence-electron chi connectivity index (χ0n) is 27.2. The lowest BCUT2D eigenvalue weighted by Gasteiger charge is -2.06. The number of carbonyl (C=O) groups is 2. The molecule has 48 heavy (non-hydrogen) atoms. The Labute approximate surface area is 273 Å². The van der Waals surface area contributed by atoms with Gasteiger partial charge in [0.05, 0.1) is 38.0 Å². The molecular formula is C28H34N16O4. The zero-order chi connectivity index (χ0) is 34.5. The summed E-state index contributed by atoms with van der Waals surface area (Å²) in [6.07, 6.45) is 6.58. The molecule has 4 N–H and O–H groups in total. The number of carbonyl (C=O) groups excluding carboxylic acids is 2. The second kappa shape index (κ2) is 14.0. The number of nitrogens with zero attached hydrogens (tertiary/aromatic N) is 14. The number of anilines is 2. The fourth-order valence-corrected chi connectivity index (χ4v) is 4.69. The number of aromatic nitrogens is 10. The summed E-state index contributed by atoms with van der Waals surface area (Å²) in [6.45, 7) is 3.98. The van der Waals surface area contributed by atoms with E-state index in [0.29, 0.717) is 47.2 Å². The summed E-state index contributed by atoms with van der Waals surface area (Å²) in [7, 11) is 5.79. The number of aryl methyl sites for hydroxylation is 4. The topological polar surface area (TPSA) is 251 Å². The molecule has 20 heteroatoms. The largest absolute Gasteiger partial charge is 0.465 e. The Morgan fingerprint density at radius 3 is 1.52 bits per heavy atom. The SMILES string of the molecule is CCCc1nn(-c2cc(-n3nc(CCC)c(N=Nc4c(C(=O)OC)cnn4C)c3N)ncn2)c(N)c1N=Nc1c(C(=O)OC)cnn1C. The highest BCUT2D eigenvalue weighted by Gasteiger charge is 2.23. The monoisotopic (exact) mass is 658 g/mol. The predicted octanol–water partition coefficient (Wildman–Crippen LogP) is 3.79. The van der Waals surface area contributed by atoms with Crippen molar-refractivity contribution in [3.63, 3.8) is 0 Å². The Kier molecular flexibility index (Phi) is 9.62. The maximum absolute atomic E-state index is 12.2. The van der Waals surface area contributed by atoms with E-state index in [9.17, 15) is 9.59 Å². The minimum Gasteiger partial charge on any atom is -0.465 e. The van der Waals surface area contributed by atoms with Gasteiger partial charge in [-0.3, -0.25) is 0 Å². The van der Waals surface area contributed by atoms with Crippen molar-refractivity contribution < 1.29 is 19.1 Å². The van der Waals surface area contributed by atoms with E-state index in [4.69, 9.17) is 20.9 Å². The summed E-state index contributed by atoms with van der Waals surface area (Å²) in [5, 5.41) is 34.7. The summed E-state index contributed by atoms with van der Waals surface area (Å²) in [5.41, 5.74) is 15.1. The molecule has 5 aromatic rings.